The highest BCUT2D eigenvalue weighted by Crippen LogP contribution is 2.12. The molecule has 0 aromatic carbocycles. The molecule has 0 aromatic rings. The molecule has 1 rings (SSSR count). The lowest BCUT2D eigenvalue weighted by Crippen LogP contribution is -2.38. The van der Waals surface area contributed by atoms with E-state index in [4.69, 9.17) is 5.73 Å². The van der Waals surface area contributed by atoms with Crippen LogP contribution in [0.3, 0.4) is 0 Å². The van der Waals surface area contributed by atoms with Crippen molar-refractivity contribution in [3.8, 4) is 0 Å². The molecule has 1 heterocycles. The molecule has 0 saturated carbocycles. The molecule has 3 N–H and O–H groups in total. The van der Waals surface area contributed by atoms with Gasteiger partial charge in [0.05, 0.1) is 0 Å². The van der Waals surface area contributed by atoms with Gasteiger partial charge in [-0.05, 0) is 26.7 Å². The zero-order valence-corrected chi connectivity index (χ0v) is 10.0. The standard InChI is InChI=1S/C11H23N3O/c1-4-5-9-8-14(10(15)13-9)7-6-11(2,3)12/h9H,4-8,12H2,1-3H3,(H,13,15). The summed E-state index contributed by atoms with van der Waals surface area (Å²) >= 11 is 0. The monoisotopic (exact) mass is 213 g/mol. The van der Waals surface area contributed by atoms with Gasteiger partial charge in [0, 0.05) is 24.7 Å². The number of hydrogen-bond donors (Lipinski definition) is 2. The van der Waals surface area contributed by atoms with Crippen LogP contribution in [0.15, 0.2) is 0 Å². The van der Waals surface area contributed by atoms with Crippen LogP contribution in [-0.4, -0.2) is 35.6 Å². The summed E-state index contributed by atoms with van der Waals surface area (Å²) in [4.78, 5) is 13.4. The Hall–Kier alpha value is -0.770. The SMILES string of the molecule is CCCC1CN(CCC(C)(C)N)C(=O)N1. The largest absolute Gasteiger partial charge is 0.333 e. The molecule has 4 nitrogen and oxygen atoms in total. The molecule has 2 amide bonds. The number of nitrogens with zero attached hydrogens (tertiary/aromatic N) is 1. The molecule has 4 heteroatoms. The highest BCUT2D eigenvalue weighted by molar-refractivity contribution is 5.76. The number of carbonyl (C=O) groups is 1. The molecule has 0 aliphatic carbocycles. The molecular weight excluding hydrogens is 190 g/mol. The van der Waals surface area contributed by atoms with Crippen molar-refractivity contribution in [3.05, 3.63) is 0 Å². The summed E-state index contributed by atoms with van der Waals surface area (Å²) in [6.07, 6.45) is 3.02. The van der Waals surface area contributed by atoms with Gasteiger partial charge in [-0.15, -0.1) is 0 Å². The van der Waals surface area contributed by atoms with Crippen LogP contribution < -0.4 is 11.1 Å². The van der Waals surface area contributed by atoms with Gasteiger partial charge >= 0.3 is 6.03 Å². The average molecular weight is 213 g/mol. The van der Waals surface area contributed by atoms with E-state index in [2.05, 4.69) is 12.2 Å². The second kappa shape index (κ2) is 4.84. The first-order valence-corrected chi connectivity index (χ1v) is 5.76. The van der Waals surface area contributed by atoms with Gasteiger partial charge in [0.2, 0.25) is 0 Å². The van der Waals surface area contributed by atoms with Crippen LogP contribution in [0, 0.1) is 0 Å². The lowest BCUT2D eigenvalue weighted by molar-refractivity contribution is 0.213. The van der Waals surface area contributed by atoms with Gasteiger partial charge < -0.3 is 16.0 Å². The number of amides is 2. The maximum absolute atomic E-state index is 11.6. The van der Waals surface area contributed by atoms with Gasteiger partial charge in [-0.3, -0.25) is 0 Å². The summed E-state index contributed by atoms with van der Waals surface area (Å²) in [6, 6.07) is 0.404. The molecule has 0 spiro atoms. The molecule has 1 aliphatic heterocycles. The van der Waals surface area contributed by atoms with Gasteiger partial charge in [-0.1, -0.05) is 13.3 Å². The van der Waals surface area contributed by atoms with E-state index in [1.54, 1.807) is 0 Å². The summed E-state index contributed by atoms with van der Waals surface area (Å²) in [5.74, 6) is 0. The molecule has 1 fully saturated rings. The van der Waals surface area contributed by atoms with Gasteiger partial charge in [-0.2, -0.15) is 0 Å². The van der Waals surface area contributed by atoms with Crippen molar-refractivity contribution in [1.29, 1.82) is 0 Å². The van der Waals surface area contributed by atoms with Crippen LogP contribution >= 0.6 is 0 Å². The number of nitrogens with two attached hydrogens (primary N) is 1. The Labute approximate surface area is 92.2 Å². The topological polar surface area (TPSA) is 58.4 Å². The minimum Gasteiger partial charge on any atom is -0.333 e. The fourth-order valence-electron chi connectivity index (χ4n) is 1.79. The van der Waals surface area contributed by atoms with Gasteiger partial charge in [0.25, 0.3) is 0 Å². The smallest absolute Gasteiger partial charge is 0.317 e. The van der Waals surface area contributed by atoms with E-state index in [9.17, 15) is 4.79 Å². The predicted molar refractivity (Wildman–Crippen MR) is 61.7 cm³/mol. The third-order valence-electron chi connectivity index (χ3n) is 2.72. The number of nitrogens with one attached hydrogen (secondary N) is 1. The Morgan fingerprint density at radius 1 is 1.60 bits per heavy atom. The zero-order valence-electron chi connectivity index (χ0n) is 10.0. The highest BCUT2D eigenvalue weighted by atomic mass is 16.2. The normalized spacial score (nSPS) is 22.0. The maximum atomic E-state index is 11.6. The molecule has 0 radical (unpaired) electrons. The van der Waals surface area contributed by atoms with Gasteiger partial charge in [0.15, 0.2) is 0 Å². The maximum Gasteiger partial charge on any atom is 0.317 e. The second-order valence-corrected chi connectivity index (χ2v) is 5.12. The number of urea groups is 1. The average Bonchev–Trinajstić information content (AvgIpc) is 2.42. The molecule has 0 aromatic heterocycles. The fourth-order valence-corrected chi connectivity index (χ4v) is 1.79. The van der Waals surface area contributed by atoms with Crippen molar-refractivity contribution in [2.24, 2.45) is 5.73 Å². The molecule has 1 unspecified atom stereocenters. The van der Waals surface area contributed by atoms with Crippen molar-refractivity contribution in [3.63, 3.8) is 0 Å². The first-order valence-electron chi connectivity index (χ1n) is 5.76. The molecule has 1 saturated heterocycles. The summed E-state index contributed by atoms with van der Waals surface area (Å²) in [6.45, 7) is 7.71. The molecule has 15 heavy (non-hydrogen) atoms. The lowest BCUT2D eigenvalue weighted by Gasteiger charge is -2.22. The van der Waals surface area contributed by atoms with Crippen molar-refractivity contribution in [1.82, 2.24) is 10.2 Å². The van der Waals surface area contributed by atoms with E-state index < -0.39 is 0 Å². The van der Waals surface area contributed by atoms with Gasteiger partial charge in [0.1, 0.15) is 0 Å². The fraction of sp³-hybridized carbons (Fsp3) is 0.909. The van der Waals surface area contributed by atoms with E-state index in [-0.39, 0.29) is 11.6 Å². The Bertz CT molecular complexity index is 222. The van der Waals surface area contributed by atoms with Crippen molar-refractivity contribution < 1.29 is 4.79 Å². The van der Waals surface area contributed by atoms with Crippen molar-refractivity contribution >= 4 is 6.03 Å². The van der Waals surface area contributed by atoms with Gasteiger partial charge in [-0.25, -0.2) is 4.79 Å². The van der Waals surface area contributed by atoms with Crippen LogP contribution in [-0.2, 0) is 0 Å². The molecule has 1 aliphatic rings. The van der Waals surface area contributed by atoms with E-state index in [1.165, 1.54) is 0 Å². The van der Waals surface area contributed by atoms with Crippen LogP contribution in [0.1, 0.15) is 40.0 Å². The molecular formula is C11H23N3O. The third kappa shape index (κ3) is 4.08. The minimum atomic E-state index is -0.191. The first kappa shape index (κ1) is 12.3. The van der Waals surface area contributed by atoms with Crippen LogP contribution in [0.25, 0.3) is 0 Å². The Kier molecular flexibility index (Phi) is 3.97. The number of rotatable bonds is 5. The summed E-state index contributed by atoms with van der Waals surface area (Å²) in [5, 5.41) is 2.99. The van der Waals surface area contributed by atoms with Crippen molar-refractivity contribution in [2.75, 3.05) is 13.1 Å². The van der Waals surface area contributed by atoms with E-state index >= 15 is 0 Å². The lowest BCUT2D eigenvalue weighted by atomic mass is 10.0. The van der Waals surface area contributed by atoms with E-state index in [1.807, 2.05) is 18.7 Å². The van der Waals surface area contributed by atoms with Crippen LogP contribution in [0.4, 0.5) is 4.79 Å². The van der Waals surface area contributed by atoms with Crippen LogP contribution in [0.5, 0.6) is 0 Å². The molecule has 1 atom stereocenters. The quantitative estimate of drug-likeness (QED) is 0.723. The second-order valence-electron chi connectivity index (χ2n) is 5.12. The summed E-state index contributed by atoms with van der Waals surface area (Å²) in [5.41, 5.74) is 5.70. The Morgan fingerprint density at radius 2 is 2.27 bits per heavy atom. The third-order valence-corrected chi connectivity index (χ3v) is 2.72. The Morgan fingerprint density at radius 3 is 2.80 bits per heavy atom. The van der Waals surface area contributed by atoms with Crippen molar-refractivity contribution in [2.45, 2.75) is 51.6 Å². The predicted octanol–water partition coefficient (Wildman–Crippen LogP) is 1.31. The van der Waals surface area contributed by atoms with E-state index in [0.29, 0.717) is 6.04 Å². The van der Waals surface area contributed by atoms with Crippen LogP contribution in [0.2, 0.25) is 0 Å². The summed E-state index contributed by atoms with van der Waals surface area (Å²) in [7, 11) is 0. The highest BCUT2D eigenvalue weighted by Gasteiger charge is 2.28. The molecule has 88 valence electrons. The first-order chi connectivity index (χ1) is 6.92. The zero-order chi connectivity index (χ0) is 11.5. The number of hydrogen-bond acceptors (Lipinski definition) is 2. The number of carbonyl (C=O) groups excluding carboxylic acids is 1. The minimum absolute atomic E-state index is 0.0673. The Balaban J connectivity index is 2.34. The summed E-state index contributed by atoms with van der Waals surface area (Å²) < 4.78 is 0. The molecule has 0 bridgehead atoms. The van der Waals surface area contributed by atoms with E-state index in [0.717, 1.165) is 32.4 Å².